The zero-order valence-corrected chi connectivity index (χ0v) is 13.8. The summed E-state index contributed by atoms with van der Waals surface area (Å²) in [6.07, 6.45) is -4.71. The molecule has 0 aliphatic rings. The van der Waals surface area contributed by atoms with Crippen LogP contribution in [0.25, 0.3) is 0 Å². The first-order valence-electron chi connectivity index (χ1n) is 7.84. The van der Waals surface area contributed by atoms with Crippen molar-refractivity contribution >= 4 is 11.6 Å². The Morgan fingerprint density at radius 3 is 2.19 bits per heavy atom. The van der Waals surface area contributed by atoms with Crippen molar-refractivity contribution in [1.29, 1.82) is 0 Å². The number of ether oxygens (including phenoxy) is 1. The molecular weight excluding hydrogens is 362 g/mol. The van der Waals surface area contributed by atoms with Crippen LogP contribution in [0.2, 0.25) is 0 Å². The molecule has 0 fully saturated rings. The smallest absolute Gasteiger partial charge is 0.420 e. The fraction of sp³-hybridized carbons (Fsp3) is 0.0500. The molecule has 0 aliphatic carbocycles. The summed E-state index contributed by atoms with van der Waals surface area (Å²) in [6, 6.07) is 15.9. The molecule has 3 nitrogen and oxygen atoms in total. The van der Waals surface area contributed by atoms with E-state index in [2.05, 4.69) is 5.32 Å². The fourth-order valence-corrected chi connectivity index (χ4v) is 2.34. The number of hydrogen-bond donors (Lipinski definition) is 1. The van der Waals surface area contributed by atoms with Gasteiger partial charge in [0.25, 0.3) is 5.91 Å². The maximum atomic E-state index is 13.4. The van der Waals surface area contributed by atoms with Crippen molar-refractivity contribution in [2.45, 2.75) is 6.18 Å². The minimum absolute atomic E-state index is 0.0253. The highest BCUT2D eigenvalue weighted by Gasteiger charge is 2.35. The molecule has 27 heavy (non-hydrogen) atoms. The lowest BCUT2D eigenvalue weighted by molar-refractivity contribution is -0.138. The third-order valence-electron chi connectivity index (χ3n) is 3.62. The van der Waals surface area contributed by atoms with Crippen LogP contribution in [0.3, 0.4) is 0 Å². The molecule has 0 saturated heterocycles. The molecule has 0 spiro atoms. The largest absolute Gasteiger partial charge is 0.457 e. The highest BCUT2D eigenvalue weighted by atomic mass is 19.4. The van der Waals surface area contributed by atoms with Crippen molar-refractivity contribution in [1.82, 2.24) is 0 Å². The Labute approximate surface area is 152 Å². The quantitative estimate of drug-likeness (QED) is 0.578. The van der Waals surface area contributed by atoms with E-state index < -0.39 is 29.2 Å². The van der Waals surface area contributed by atoms with Crippen LogP contribution < -0.4 is 10.1 Å². The summed E-state index contributed by atoms with van der Waals surface area (Å²) in [7, 11) is 0. The minimum Gasteiger partial charge on any atom is -0.457 e. The van der Waals surface area contributed by atoms with Crippen molar-refractivity contribution in [2.75, 3.05) is 5.32 Å². The Balaban J connectivity index is 1.88. The Morgan fingerprint density at radius 1 is 0.889 bits per heavy atom. The van der Waals surface area contributed by atoms with Crippen molar-refractivity contribution in [3.8, 4) is 11.5 Å². The lowest BCUT2D eigenvalue weighted by Crippen LogP contribution is -2.13. The molecule has 0 heterocycles. The van der Waals surface area contributed by atoms with Crippen LogP contribution in [0, 0.1) is 5.82 Å². The second kappa shape index (κ2) is 7.49. The molecule has 7 heteroatoms. The standard InChI is InChI=1S/C20H13F4NO2/c21-14-6-9-16(10-7-14)27-18-11-8-15(12-17(18)20(22,23)24)25-19(26)13-4-2-1-3-5-13/h1-12H,(H,25,26). The highest BCUT2D eigenvalue weighted by Crippen LogP contribution is 2.39. The molecule has 1 amide bonds. The van der Waals surface area contributed by atoms with E-state index in [4.69, 9.17) is 4.74 Å². The van der Waals surface area contributed by atoms with Gasteiger partial charge in [-0.1, -0.05) is 18.2 Å². The molecule has 0 aromatic heterocycles. The van der Waals surface area contributed by atoms with Gasteiger partial charge in [0.15, 0.2) is 0 Å². The molecule has 0 bridgehead atoms. The summed E-state index contributed by atoms with van der Waals surface area (Å²) >= 11 is 0. The molecule has 1 N–H and O–H groups in total. The van der Waals surface area contributed by atoms with E-state index in [1.165, 1.54) is 18.2 Å². The number of halogens is 4. The number of hydrogen-bond acceptors (Lipinski definition) is 2. The lowest BCUT2D eigenvalue weighted by Gasteiger charge is -2.15. The van der Waals surface area contributed by atoms with Crippen LogP contribution in [-0.4, -0.2) is 5.91 Å². The normalized spacial score (nSPS) is 11.1. The first-order valence-corrected chi connectivity index (χ1v) is 7.84. The van der Waals surface area contributed by atoms with E-state index in [1.807, 2.05) is 0 Å². The first kappa shape index (κ1) is 18.4. The van der Waals surface area contributed by atoms with Crippen LogP contribution in [0.4, 0.5) is 23.2 Å². The minimum atomic E-state index is -4.71. The summed E-state index contributed by atoms with van der Waals surface area (Å²) in [5, 5.41) is 2.43. The third kappa shape index (κ3) is 4.63. The summed E-state index contributed by atoms with van der Waals surface area (Å²) < 4.78 is 58.4. The summed E-state index contributed by atoms with van der Waals surface area (Å²) in [5.41, 5.74) is -0.766. The zero-order chi connectivity index (χ0) is 19.4. The van der Waals surface area contributed by atoms with Crippen molar-refractivity contribution in [2.24, 2.45) is 0 Å². The Hall–Kier alpha value is -3.35. The Bertz CT molecular complexity index is 938. The van der Waals surface area contributed by atoms with Gasteiger partial charge < -0.3 is 10.1 Å². The number of nitrogens with one attached hydrogen (secondary N) is 1. The lowest BCUT2D eigenvalue weighted by atomic mass is 10.1. The molecule has 0 radical (unpaired) electrons. The summed E-state index contributed by atoms with van der Waals surface area (Å²) in [4.78, 5) is 12.1. The van der Waals surface area contributed by atoms with Gasteiger partial charge in [-0.2, -0.15) is 13.2 Å². The van der Waals surface area contributed by atoms with Gasteiger partial charge in [-0.05, 0) is 54.6 Å². The first-order chi connectivity index (χ1) is 12.8. The van der Waals surface area contributed by atoms with Gasteiger partial charge in [0, 0.05) is 11.3 Å². The van der Waals surface area contributed by atoms with E-state index in [0.29, 0.717) is 5.56 Å². The number of alkyl halides is 3. The van der Waals surface area contributed by atoms with Crippen LogP contribution in [-0.2, 0) is 6.18 Å². The van der Waals surface area contributed by atoms with Gasteiger partial charge in [-0.15, -0.1) is 0 Å². The van der Waals surface area contributed by atoms with Gasteiger partial charge in [-0.25, -0.2) is 4.39 Å². The fourth-order valence-electron chi connectivity index (χ4n) is 2.34. The summed E-state index contributed by atoms with van der Waals surface area (Å²) in [6.45, 7) is 0. The molecule has 3 aromatic carbocycles. The number of carbonyl (C=O) groups is 1. The average Bonchev–Trinajstić information content (AvgIpc) is 2.64. The van der Waals surface area contributed by atoms with Crippen molar-refractivity contribution in [3.63, 3.8) is 0 Å². The van der Waals surface area contributed by atoms with E-state index in [0.717, 1.165) is 24.3 Å². The van der Waals surface area contributed by atoms with E-state index in [1.54, 1.807) is 30.3 Å². The molecule has 3 aromatic rings. The van der Waals surface area contributed by atoms with Crippen molar-refractivity contribution in [3.05, 3.63) is 89.7 Å². The molecule has 0 saturated carbocycles. The monoisotopic (exact) mass is 375 g/mol. The number of benzene rings is 3. The number of rotatable bonds is 4. The van der Waals surface area contributed by atoms with E-state index >= 15 is 0 Å². The van der Waals surface area contributed by atoms with E-state index in [-0.39, 0.29) is 11.4 Å². The SMILES string of the molecule is O=C(Nc1ccc(Oc2ccc(F)cc2)c(C(F)(F)F)c1)c1ccccc1. The highest BCUT2D eigenvalue weighted by molar-refractivity contribution is 6.04. The molecule has 3 rings (SSSR count). The number of carbonyl (C=O) groups excluding carboxylic acids is 1. The van der Waals surface area contributed by atoms with Crippen molar-refractivity contribution < 1.29 is 27.1 Å². The van der Waals surface area contributed by atoms with Gasteiger partial charge in [-0.3, -0.25) is 4.79 Å². The number of anilines is 1. The second-order valence-corrected chi connectivity index (χ2v) is 5.58. The van der Waals surface area contributed by atoms with Crippen LogP contribution in [0.5, 0.6) is 11.5 Å². The zero-order valence-electron chi connectivity index (χ0n) is 13.8. The van der Waals surface area contributed by atoms with Gasteiger partial charge in [0.2, 0.25) is 0 Å². The average molecular weight is 375 g/mol. The van der Waals surface area contributed by atoms with Crippen LogP contribution >= 0.6 is 0 Å². The molecule has 0 atom stereocenters. The van der Waals surface area contributed by atoms with Gasteiger partial charge in [0.05, 0.1) is 0 Å². The van der Waals surface area contributed by atoms with Crippen LogP contribution in [0.1, 0.15) is 15.9 Å². The molecular formula is C20H13F4NO2. The topological polar surface area (TPSA) is 38.3 Å². The predicted molar refractivity (Wildman–Crippen MR) is 92.3 cm³/mol. The molecule has 0 aliphatic heterocycles. The van der Waals surface area contributed by atoms with Gasteiger partial charge >= 0.3 is 6.18 Å². The Kier molecular flexibility index (Phi) is 5.12. The molecule has 138 valence electrons. The van der Waals surface area contributed by atoms with Crippen LogP contribution in [0.15, 0.2) is 72.8 Å². The maximum Gasteiger partial charge on any atom is 0.420 e. The maximum absolute atomic E-state index is 13.4. The summed E-state index contributed by atoms with van der Waals surface area (Å²) in [5.74, 6) is -1.46. The number of amides is 1. The van der Waals surface area contributed by atoms with Gasteiger partial charge in [0.1, 0.15) is 22.9 Å². The molecule has 0 unspecified atom stereocenters. The second-order valence-electron chi connectivity index (χ2n) is 5.58. The predicted octanol–water partition coefficient (Wildman–Crippen LogP) is 5.89. The van der Waals surface area contributed by atoms with E-state index in [9.17, 15) is 22.4 Å². The Morgan fingerprint density at radius 2 is 1.56 bits per heavy atom. The third-order valence-corrected chi connectivity index (χ3v) is 3.62.